The number of carbonyl (C=O) groups excluding carboxylic acids is 2. The molecule has 11 heteroatoms. The number of halogens is 2. The lowest BCUT2D eigenvalue weighted by atomic mass is 9.99. The van der Waals surface area contributed by atoms with Gasteiger partial charge in [0.05, 0.1) is 23.4 Å². The number of nitrogens with zero attached hydrogens (tertiary/aromatic N) is 2. The van der Waals surface area contributed by atoms with Gasteiger partial charge in [0, 0.05) is 12.7 Å². The number of carbonyl (C=O) groups is 2. The van der Waals surface area contributed by atoms with Gasteiger partial charge in [-0.05, 0) is 49.6 Å². The minimum atomic E-state index is -0.813. The Bertz CT molecular complexity index is 1520. The van der Waals surface area contributed by atoms with E-state index in [0.29, 0.717) is 17.7 Å². The van der Waals surface area contributed by atoms with Crippen LogP contribution in [-0.2, 0) is 24.6 Å². The second-order valence-electron chi connectivity index (χ2n) is 9.88. The number of aliphatic hydroxyl groups excluding tert-OH is 1. The minimum absolute atomic E-state index is 0.0883. The van der Waals surface area contributed by atoms with E-state index in [4.69, 9.17) is 9.47 Å². The summed E-state index contributed by atoms with van der Waals surface area (Å²) in [4.78, 5) is 30.3. The number of alkyl carbamates (subject to hydrolysis) is 1. The standard InChI is InChI=1S/C30H32F2N4O5/c1-4-30(3,35-29(39)41-16-20-9-6-5-7-10-20)18-33-28(38)26-19(2)34-27-25(13-21(15-37)14-36(26)27)40-17-22-23(31)11-8-12-24(22)32/h5-14,37H,4,15-18H2,1-3H3,(H,33,38)(H,35,39). The number of ether oxygens (including phenoxy) is 2. The minimum Gasteiger partial charge on any atom is -0.485 e. The van der Waals surface area contributed by atoms with Crippen LogP contribution in [0.15, 0.2) is 60.8 Å². The molecule has 0 aliphatic rings. The fraction of sp³-hybridized carbons (Fsp3) is 0.300. The van der Waals surface area contributed by atoms with Crippen molar-refractivity contribution < 1.29 is 33.0 Å². The van der Waals surface area contributed by atoms with Crippen molar-refractivity contribution in [1.29, 1.82) is 0 Å². The molecule has 0 aliphatic carbocycles. The lowest BCUT2D eigenvalue weighted by Gasteiger charge is -2.29. The Morgan fingerprint density at radius 2 is 1.76 bits per heavy atom. The molecule has 1 atom stereocenters. The van der Waals surface area contributed by atoms with Crippen molar-refractivity contribution in [1.82, 2.24) is 20.0 Å². The fourth-order valence-electron chi connectivity index (χ4n) is 4.19. The third-order valence-electron chi connectivity index (χ3n) is 6.78. The summed E-state index contributed by atoms with van der Waals surface area (Å²) in [5.74, 6) is -1.84. The molecule has 0 bridgehead atoms. The number of aromatic nitrogens is 2. The van der Waals surface area contributed by atoms with Gasteiger partial charge in [0.15, 0.2) is 11.4 Å². The molecule has 2 aromatic carbocycles. The van der Waals surface area contributed by atoms with Gasteiger partial charge >= 0.3 is 6.09 Å². The van der Waals surface area contributed by atoms with E-state index in [1.54, 1.807) is 20.0 Å². The van der Waals surface area contributed by atoms with Crippen LogP contribution in [0.25, 0.3) is 5.65 Å². The van der Waals surface area contributed by atoms with Crippen molar-refractivity contribution in [3.05, 3.63) is 101 Å². The Kier molecular flexibility index (Phi) is 9.18. The molecule has 2 amide bonds. The maximum absolute atomic E-state index is 14.1. The summed E-state index contributed by atoms with van der Waals surface area (Å²) in [6.07, 6.45) is 1.43. The first-order valence-corrected chi connectivity index (χ1v) is 13.1. The first-order chi connectivity index (χ1) is 19.6. The smallest absolute Gasteiger partial charge is 0.407 e. The number of pyridine rings is 1. The van der Waals surface area contributed by atoms with E-state index in [0.717, 1.165) is 17.7 Å². The van der Waals surface area contributed by atoms with Crippen LogP contribution in [0, 0.1) is 18.6 Å². The third kappa shape index (κ3) is 6.98. The van der Waals surface area contributed by atoms with Crippen LogP contribution in [0.2, 0.25) is 0 Å². The first kappa shape index (κ1) is 29.5. The fourth-order valence-corrected chi connectivity index (χ4v) is 4.19. The number of rotatable bonds is 11. The number of fused-ring (bicyclic) bond motifs is 1. The monoisotopic (exact) mass is 566 g/mol. The maximum atomic E-state index is 14.1. The largest absolute Gasteiger partial charge is 0.485 e. The highest BCUT2D eigenvalue weighted by atomic mass is 19.1. The molecule has 2 heterocycles. The van der Waals surface area contributed by atoms with Crippen LogP contribution in [0.3, 0.4) is 0 Å². The molecule has 0 spiro atoms. The van der Waals surface area contributed by atoms with E-state index in [1.165, 1.54) is 16.5 Å². The van der Waals surface area contributed by atoms with Crippen LogP contribution < -0.4 is 15.4 Å². The third-order valence-corrected chi connectivity index (χ3v) is 6.78. The maximum Gasteiger partial charge on any atom is 0.407 e. The lowest BCUT2D eigenvalue weighted by molar-refractivity contribution is 0.0923. The van der Waals surface area contributed by atoms with Crippen molar-refractivity contribution in [2.45, 2.75) is 52.6 Å². The van der Waals surface area contributed by atoms with E-state index >= 15 is 0 Å². The summed E-state index contributed by atoms with van der Waals surface area (Å²) < 4.78 is 40.8. The molecule has 0 saturated carbocycles. The van der Waals surface area contributed by atoms with Gasteiger partial charge in [-0.3, -0.25) is 9.20 Å². The van der Waals surface area contributed by atoms with Crippen LogP contribution in [0.1, 0.15) is 53.1 Å². The van der Waals surface area contributed by atoms with Gasteiger partial charge in [-0.15, -0.1) is 0 Å². The van der Waals surface area contributed by atoms with Crippen molar-refractivity contribution in [2.75, 3.05) is 6.54 Å². The molecule has 0 radical (unpaired) electrons. The number of nitrogens with one attached hydrogen (secondary N) is 2. The number of amides is 2. The van der Waals surface area contributed by atoms with Crippen LogP contribution >= 0.6 is 0 Å². The molecule has 0 fully saturated rings. The molecular weight excluding hydrogens is 534 g/mol. The van der Waals surface area contributed by atoms with Gasteiger partial charge in [0.2, 0.25) is 0 Å². The quantitative estimate of drug-likeness (QED) is 0.240. The molecule has 4 rings (SSSR count). The number of hydrogen-bond donors (Lipinski definition) is 3. The highest BCUT2D eigenvalue weighted by molar-refractivity contribution is 5.95. The molecule has 0 saturated heterocycles. The lowest BCUT2D eigenvalue weighted by Crippen LogP contribution is -2.53. The molecule has 3 N–H and O–H groups in total. The Morgan fingerprint density at radius 1 is 1.05 bits per heavy atom. The Balaban J connectivity index is 1.49. The number of aryl methyl sites for hydroxylation is 1. The Hall–Kier alpha value is -4.51. The summed E-state index contributed by atoms with van der Waals surface area (Å²) in [5, 5.41) is 15.5. The Labute approximate surface area is 236 Å². The summed E-state index contributed by atoms with van der Waals surface area (Å²) >= 11 is 0. The number of imidazole rings is 1. The van der Waals surface area contributed by atoms with Crippen LogP contribution in [-0.4, -0.2) is 38.6 Å². The molecule has 9 nitrogen and oxygen atoms in total. The van der Waals surface area contributed by atoms with E-state index in [1.807, 2.05) is 37.3 Å². The number of benzene rings is 2. The average molecular weight is 567 g/mol. The average Bonchev–Trinajstić information content (AvgIpc) is 3.30. The molecule has 2 aromatic heterocycles. The zero-order valence-electron chi connectivity index (χ0n) is 23.0. The molecular formula is C30H32F2N4O5. The number of aliphatic hydroxyl groups is 1. The summed E-state index contributed by atoms with van der Waals surface area (Å²) in [6.45, 7) is 4.71. The molecule has 4 aromatic rings. The molecule has 216 valence electrons. The molecule has 41 heavy (non-hydrogen) atoms. The second-order valence-corrected chi connectivity index (χ2v) is 9.88. The molecule has 0 aliphatic heterocycles. The van der Waals surface area contributed by atoms with Crippen molar-refractivity contribution in [3.8, 4) is 5.75 Å². The summed E-state index contributed by atoms with van der Waals surface area (Å²) in [5.41, 5.74) is 0.968. The van der Waals surface area contributed by atoms with Gasteiger partial charge < -0.3 is 25.2 Å². The van der Waals surface area contributed by atoms with Crippen LogP contribution in [0.5, 0.6) is 5.75 Å². The Morgan fingerprint density at radius 3 is 2.41 bits per heavy atom. The van der Waals surface area contributed by atoms with Gasteiger partial charge in [-0.1, -0.05) is 43.3 Å². The summed E-state index contributed by atoms with van der Waals surface area (Å²) in [7, 11) is 0. The predicted octanol–water partition coefficient (Wildman–Crippen LogP) is 4.82. The second kappa shape index (κ2) is 12.8. The zero-order chi connectivity index (χ0) is 29.6. The van der Waals surface area contributed by atoms with Crippen molar-refractivity contribution >= 4 is 17.6 Å². The normalized spacial score (nSPS) is 12.5. The predicted molar refractivity (Wildman–Crippen MR) is 147 cm³/mol. The molecule has 1 unspecified atom stereocenters. The van der Waals surface area contributed by atoms with E-state index in [2.05, 4.69) is 15.6 Å². The van der Waals surface area contributed by atoms with E-state index < -0.39 is 35.8 Å². The van der Waals surface area contributed by atoms with E-state index in [9.17, 15) is 23.5 Å². The van der Waals surface area contributed by atoms with Crippen LogP contribution in [0.4, 0.5) is 13.6 Å². The number of hydrogen-bond acceptors (Lipinski definition) is 6. The SMILES string of the molecule is CCC(C)(CNC(=O)c1c(C)nc2c(OCc3c(F)cccc3F)cc(CO)cn12)NC(=O)OCc1ccccc1. The van der Waals surface area contributed by atoms with Gasteiger partial charge in [0.1, 0.15) is 30.5 Å². The van der Waals surface area contributed by atoms with Crippen molar-refractivity contribution in [3.63, 3.8) is 0 Å². The first-order valence-electron chi connectivity index (χ1n) is 13.1. The highest BCUT2D eigenvalue weighted by Gasteiger charge is 2.28. The van der Waals surface area contributed by atoms with Gasteiger partial charge in [-0.25, -0.2) is 18.6 Å². The topological polar surface area (TPSA) is 114 Å². The summed E-state index contributed by atoms with van der Waals surface area (Å²) in [6, 6.07) is 14.3. The van der Waals surface area contributed by atoms with Gasteiger partial charge in [-0.2, -0.15) is 0 Å². The highest BCUT2D eigenvalue weighted by Crippen LogP contribution is 2.26. The van der Waals surface area contributed by atoms with E-state index in [-0.39, 0.29) is 42.4 Å². The van der Waals surface area contributed by atoms with Gasteiger partial charge in [0.25, 0.3) is 5.91 Å². The zero-order valence-corrected chi connectivity index (χ0v) is 23.0. The van der Waals surface area contributed by atoms with Crippen molar-refractivity contribution in [2.24, 2.45) is 0 Å².